The van der Waals surface area contributed by atoms with Crippen molar-refractivity contribution >= 4 is 15.9 Å². The SMILES string of the molecule is Cc1cc(Br)c(=O)n(CC2CCCO2)c1. The lowest BCUT2D eigenvalue weighted by Gasteiger charge is -2.12. The average molecular weight is 272 g/mol. The van der Waals surface area contributed by atoms with E-state index >= 15 is 0 Å². The molecule has 0 N–H and O–H groups in total. The molecule has 1 aromatic heterocycles. The van der Waals surface area contributed by atoms with Crippen LogP contribution < -0.4 is 5.56 Å². The Morgan fingerprint density at radius 1 is 1.67 bits per heavy atom. The summed E-state index contributed by atoms with van der Waals surface area (Å²) in [5.74, 6) is 0. The molecule has 1 aromatic rings. The Balaban J connectivity index is 2.23. The van der Waals surface area contributed by atoms with E-state index in [-0.39, 0.29) is 11.7 Å². The summed E-state index contributed by atoms with van der Waals surface area (Å²) in [5, 5.41) is 0. The molecule has 0 amide bonds. The van der Waals surface area contributed by atoms with Crippen molar-refractivity contribution in [1.82, 2.24) is 4.57 Å². The zero-order valence-electron chi connectivity index (χ0n) is 8.70. The van der Waals surface area contributed by atoms with Gasteiger partial charge in [0.05, 0.1) is 17.1 Å². The monoisotopic (exact) mass is 271 g/mol. The molecule has 82 valence electrons. The summed E-state index contributed by atoms with van der Waals surface area (Å²) >= 11 is 3.27. The fourth-order valence-electron chi connectivity index (χ4n) is 1.88. The van der Waals surface area contributed by atoms with Gasteiger partial charge in [0.15, 0.2) is 0 Å². The zero-order valence-corrected chi connectivity index (χ0v) is 10.3. The van der Waals surface area contributed by atoms with Crippen molar-refractivity contribution < 1.29 is 4.74 Å². The molecule has 0 bridgehead atoms. The number of aryl methyl sites for hydroxylation is 1. The summed E-state index contributed by atoms with van der Waals surface area (Å²) in [4.78, 5) is 11.8. The third kappa shape index (κ3) is 2.49. The molecule has 0 spiro atoms. The van der Waals surface area contributed by atoms with E-state index in [9.17, 15) is 4.79 Å². The molecule has 0 aromatic carbocycles. The van der Waals surface area contributed by atoms with Gasteiger partial charge in [-0.05, 0) is 47.3 Å². The van der Waals surface area contributed by atoms with E-state index in [2.05, 4.69) is 15.9 Å². The fraction of sp³-hybridized carbons (Fsp3) is 0.545. The normalized spacial score (nSPS) is 20.8. The van der Waals surface area contributed by atoms with Crippen LogP contribution in [-0.2, 0) is 11.3 Å². The summed E-state index contributed by atoms with van der Waals surface area (Å²) in [6, 6.07) is 1.84. The van der Waals surface area contributed by atoms with Gasteiger partial charge in [-0.1, -0.05) is 0 Å². The van der Waals surface area contributed by atoms with Crippen LogP contribution in [0.5, 0.6) is 0 Å². The molecule has 1 saturated heterocycles. The van der Waals surface area contributed by atoms with Crippen LogP contribution >= 0.6 is 15.9 Å². The number of halogens is 1. The zero-order chi connectivity index (χ0) is 10.8. The maximum atomic E-state index is 11.8. The Labute approximate surface area is 97.2 Å². The smallest absolute Gasteiger partial charge is 0.264 e. The Morgan fingerprint density at radius 2 is 2.47 bits per heavy atom. The Morgan fingerprint density at radius 3 is 3.13 bits per heavy atom. The molecule has 0 saturated carbocycles. The second-order valence-electron chi connectivity index (χ2n) is 3.96. The molecule has 1 fully saturated rings. The van der Waals surface area contributed by atoms with Crippen LogP contribution in [0.25, 0.3) is 0 Å². The Hall–Kier alpha value is -0.610. The highest BCUT2D eigenvalue weighted by Gasteiger charge is 2.16. The van der Waals surface area contributed by atoms with Gasteiger partial charge in [0, 0.05) is 12.8 Å². The van der Waals surface area contributed by atoms with E-state index < -0.39 is 0 Å². The van der Waals surface area contributed by atoms with Crippen molar-refractivity contribution in [2.75, 3.05) is 6.61 Å². The van der Waals surface area contributed by atoms with E-state index in [1.165, 1.54) is 0 Å². The van der Waals surface area contributed by atoms with E-state index in [0.717, 1.165) is 25.0 Å². The number of hydrogen-bond acceptors (Lipinski definition) is 2. The molecule has 15 heavy (non-hydrogen) atoms. The largest absolute Gasteiger partial charge is 0.376 e. The molecule has 1 atom stereocenters. The van der Waals surface area contributed by atoms with Gasteiger partial charge < -0.3 is 9.30 Å². The van der Waals surface area contributed by atoms with Gasteiger partial charge in [0.1, 0.15) is 0 Å². The van der Waals surface area contributed by atoms with Crippen LogP contribution in [-0.4, -0.2) is 17.3 Å². The van der Waals surface area contributed by atoms with Gasteiger partial charge >= 0.3 is 0 Å². The van der Waals surface area contributed by atoms with E-state index in [0.29, 0.717) is 11.0 Å². The number of pyridine rings is 1. The second-order valence-corrected chi connectivity index (χ2v) is 4.81. The van der Waals surface area contributed by atoms with Gasteiger partial charge in [-0.15, -0.1) is 0 Å². The first-order valence-electron chi connectivity index (χ1n) is 5.15. The van der Waals surface area contributed by atoms with Crippen molar-refractivity contribution in [3.05, 3.63) is 32.7 Å². The first-order chi connectivity index (χ1) is 7.16. The van der Waals surface area contributed by atoms with Gasteiger partial charge in [0.2, 0.25) is 0 Å². The molecule has 0 radical (unpaired) electrons. The second kappa shape index (κ2) is 4.49. The van der Waals surface area contributed by atoms with E-state index in [1.54, 1.807) is 4.57 Å². The minimum atomic E-state index is 0.0242. The third-order valence-corrected chi connectivity index (χ3v) is 3.17. The van der Waals surface area contributed by atoms with Crippen molar-refractivity contribution in [2.45, 2.75) is 32.4 Å². The van der Waals surface area contributed by atoms with Gasteiger partial charge in [0.25, 0.3) is 5.56 Å². The molecule has 0 aliphatic carbocycles. The predicted octanol–water partition coefficient (Wildman–Crippen LogP) is 2.10. The Kier molecular flexibility index (Phi) is 3.26. The number of hydrogen-bond donors (Lipinski definition) is 0. The Bertz CT molecular complexity index is 408. The minimum Gasteiger partial charge on any atom is -0.376 e. The third-order valence-electron chi connectivity index (χ3n) is 2.60. The molecule has 1 unspecified atom stereocenters. The van der Waals surface area contributed by atoms with E-state index in [1.807, 2.05) is 19.2 Å². The highest BCUT2D eigenvalue weighted by atomic mass is 79.9. The fourth-order valence-corrected chi connectivity index (χ4v) is 2.47. The van der Waals surface area contributed by atoms with Crippen LogP contribution in [0.2, 0.25) is 0 Å². The van der Waals surface area contributed by atoms with Crippen molar-refractivity contribution in [1.29, 1.82) is 0 Å². The molecule has 4 heteroatoms. The molecule has 1 aliphatic heterocycles. The van der Waals surface area contributed by atoms with Gasteiger partial charge in [-0.3, -0.25) is 4.79 Å². The van der Waals surface area contributed by atoms with Crippen LogP contribution in [0.3, 0.4) is 0 Å². The van der Waals surface area contributed by atoms with Crippen molar-refractivity contribution in [3.8, 4) is 0 Å². The van der Waals surface area contributed by atoms with Crippen LogP contribution in [0.15, 0.2) is 21.5 Å². The van der Waals surface area contributed by atoms with Gasteiger partial charge in [-0.2, -0.15) is 0 Å². The minimum absolute atomic E-state index is 0.0242. The summed E-state index contributed by atoms with van der Waals surface area (Å²) in [6.45, 7) is 3.47. The van der Waals surface area contributed by atoms with Gasteiger partial charge in [-0.25, -0.2) is 0 Å². The highest BCUT2D eigenvalue weighted by molar-refractivity contribution is 9.10. The number of rotatable bonds is 2. The molecular weight excluding hydrogens is 258 g/mol. The lowest BCUT2D eigenvalue weighted by molar-refractivity contribution is 0.0961. The molecule has 1 aliphatic rings. The highest BCUT2D eigenvalue weighted by Crippen LogP contribution is 2.14. The maximum Gasteiger partial charge on any atom is 0.264 e. The predicted molar refractivity (Wildman–Crippen MR) is 62.1 cm³/mol. The van der Waals surface area contributed by atoms with Crippen molar-refractivity contribution in [2.24, 2.45) is 0 Å². The quantitative estimate of drug-likeness (QED) is 0.825. The standard InChI is InChI=1S/C11H14BrNO2/c1-8-5-10(12)11(14)13(6-8)7-9-3-2-4-15-9/h5-6,9H,2-4,7H2,1H3. The lowest BCUT2D eigenvalue weighted by atomic mass is 10.2. The summed E-state index contributed by atoms with van der Waals surface area (Å²) in [6.07, 6.45) is 4.25. The number of aromatic nitrogens is 1. The number of ether oxygens (including phenoxy) is 1. The number of nitrogens with zero attached hydrogens (tertiary/aromatic N) is 1. The first-order valence-corrected chi connectivity index (χ1v) is 5.94. The molecule has 2 heterocycles. The average Bonchev–Trinajstić information content (AvgIpc) is 2.66. The maximum absolute atomic E-state index is 11.8. The van der Waals surface area contributed by atoms with E-state index in [4.69, 9.17) is 4.74 Å². The first kappa shape index (κ1) is 10.9. The molecule has 2 rings (SSSR count). The summed E-state index contributed by atoms with van der Waals surface area (Å²) in [5.41, 5.74) is 1.11. The topological polar surface area (TPSA) is 31.2 Å². The van der Waals surface area contributed by atoms with Crippen LogP contribution in [0.4, 0.5) is 0 Å². The summed E-state index contributed by atoms with van der Waals surface area (Å²) < 4.78 is 7.87. The van der Waals surface area contributed by atoms with Crippen molar-refractivity contribution in [3.63, 3.8) is 0 Å². The summed E-state index contributed by atoms with van der Waals surface area (Å²) in [7, 11) is 0. The lowest BCUT2D eigenvalue weighted by Crippen LogP contribution is -2.26. The van der Waals surface area contributed by atoms with Crippen LogP contribution in [0, 0.1) is 6.92 Å². The molecular formula is C11H14BrNO2. The van der Waals surface area contributed by atoms with Crippen LogP contribution in [0.1, 0.15) is 18.4 Å². The molecule has 3 nitrogen and oxygen atoms in total.